The number of furan rings is 1. The summed E-state index contributed by atoms with van der Waals surface area (Å²) in [5, 5.41) is 4.50. The van der Waals surface area contributed by atoms with Gasteiger partial charge in [0.15, 0.2) is 0 Å². The van der Waals surface area contributed by atoms with E-state index >= 15 is 0 Å². The Labute approximate surface area is 170 Å². The number of imidazole rings is 1. The molecule has 0 aliphatic carbocycles. The Morgan fingerprint density at radius 3 is 2.70 bits per heavy atom. The van der Waals surface area contributed by atoms with Crippen LogP contribution in [0.1, 0.15) is 22.3 Å². The van der Waals surface area contributed by atoms with Gasteiger partial charge in [-0.2, -0.15) is 0 Å². The molecule has 5 aromatic rings. The molecule has 0 unspecified atom stereocenters. The summed E-state index contributed by atoms with van der Waals surface area (Å²) in [5.41, 5.74) is 5.08. The van der Waals surface area contributed by atoms with Crippen molar-refractivity contribution in [3.63, 3.8) is 0 Å². The summed E-state index contributed by atoms with van der Waals surface area (Å²) in [4.78, 5) is 32.7. The summed E-state index contributed by atoms with van der Waals surface area (Å²) in [6, 6.07) is 9.44. The molecule has 7 nitrogen and oxygen atoms in total. The molecule has 0 spiro atoms. The Hall–Kier alpha value is -3.87. The largest absolute Gasteiger partial charge is 0.464 e. The number of carbonyl (C=O) groups is 1. The van der Waals surface area contributed by atoms with Gasteiger partial charge in [-0.15, -0.1) is 0 Å². The molecule has 0 saturated heterocycles. The van der Waals surface area contributed by atoms with E-state index < -0.39 is 5.63 Å². The highest BCUT2D eigenvalue weighted by molar-refractivity contribution is 6.00. The number of hydrogen-bond donors (Lipinski definition) is 2. The predicted octanol–water partition coefficient (Wildman–Crippen LogP) is 4.52. The molecule has 0 bridgehead atoms. The summed E-state index contributed by atoms with van der Waals surface area (Å²) in [6.45, 7) is 5.67. The molecule has 0 radical (unpaired) electrons. The zero-order valence-electron chi connectivity index (χ0n) is 16.8. The number of nitrogens with zero attached hydrogens (tertiary/aromatic N) is 1. The number of aromatic nitrogens is 2. The van der Waals surface area contributed by atoms with Crippen LogP contribution in [0, 0.1) is 20.8 Å². The minimum Gasteiger partial charge on any atom is -0.464 e. The Kier molecular flexibility index (Phi) is 3.99. The summed E-state index contributed by atoms with van der Waals surface area (Å²) in [6.07, 6.45) is 1.58. The molecule has 0 aliphatic heterocycles. The minimum atomic E-state index is -0.523. The lowest BCUT2D eigenvalue weighted by atomic mass is 9.99. The fourth-order valence-electron chi connectivity index (χ4n) is 3.87. The third-order valence-corrected chi connectivity index (χ3v) is 5.52. The molecule has 2 aromatic carbocycles. The average Bonchev–Trinajstić information content (AvgIpc) is 3.29. The Bertz CT molecular complexity index is 1490. The molecular formula is C23H19N3O4. The normalized spacial score (nSPS) is 11.6. The van der Waals surface area contributed by atoms with Crippen molar-refractivity contribution < 1.29 is 13.6 Å². The molecule has 30 heavy (non-hydrogen) atoms. The molecule has 0 fully saturated rings. The van der Waals surface area contributed by atoms with E-state index in [1.807, 2.05) is 51.1 Å². The maximum absolute atomic E-state index is 12.7. The zero-order valence-corrected chi connectivity index (χ0v) is 16.8. The van der Waals surface area contributed by atoms with Crippen LogP contribution in [0.3, 0.4) is 0 Å². The van der Waals surface area contributed by atoms with Crippen molar-refractivity contribution in [2.24, 2.45) is 0 Å². The number of carbonyl (C=O) groups excluding carboxylic acids is 1. The monoisotopic (exact) mass is 401 g/mol. The first-order chi connectivity index (χ1) is 14.4. The number of para-hydroxylation sites is 2. The van der Waals surface area contributed by atoms with Crippen LogP contribution in [0.15, 0.2) is 50.2 Å². The quantitative estimate of drug-likeness (QED) is 0.433. The first kappa shape index (κ1) is 18.2. The van der Waals surface area contributed by atoms with E-state index in [4.69, 9.17) is 8.83 Å². The number of aryl methyl sites for hydroxylation is 3. The lowest BCUT2D eigenvalue weighted by molar-refractivity contribution is -0.115. The molecular weight excluding hydrogens is 382 g/mol. The number of amides is 1. The predicted molar refractivity (Wildman–Crippen MR) is 115 cm³/mol. The molecule has 2 N–H and O–H groups in total. The molecule has 0 saturated carbocycles. The topological polar surface area (TPSA) is 101 Å². The summed E-state index contributed by atoms with van der Waals surface area (Å²) < 4.78 is 11.2. The number of nitrogens with one attached hydrogen (secondary N) is 2. The van der Waals surface area contributed by atoms with Gasteiger partial charge in [-0.25, -0.2) is 9.78 Å². The second-order valence-electron chi connectivity index (χ2n) is 7.49. The summed E-state index contributed by atoms with van der Waals surface area (Å²) in [5.74, 6) is -0.00305. The summed E-state index contributed by atoms with van der Waals surface area (Å²) >= 11 is 0. The first-order valence-corrected chi connectivity index (χ1v) is 9.60. The molecule has 3 heterocycles. The third kappa shape index (κ3) is 2.78. The number of aromatic amines is 1. The summed E-state index contributed by atoms with van der Waals surface area (Å²) in [7, 11) is 0. The van der Waals surface area contributed by atoms with E-state index in [9.17, 15) is 9.59 Å². The second kappa shape index (κ2) is 6.59. The molecule has 0 atom stereocenters. The number of benzene rings is 2. The highest BCUT2D eigenvalue weighted by Gasteiger charge is 2.19. The van der Waals surface area contributed by atoms with Crippen molar-refractivity contribution in [1.29, 1.82) is 0 Å². The molecule has 1 amide bonds. The van der Waals surface area contributed by atoms with E-state index in [-0.39, 0.29) is 12.3 Å². The maximum Gasteiger partial charge on any atom is 0.340 e. The first-order valence-electron chi connectivity index (χ1n) is 9.60. The fraction of sp³-hybridized carbons (Fsp3) is 0.174. The number of fused-ring (bicyclic) bond motifs is 3. The van der Waals surface area contributed by atoms with Gasteiger partial charge in [-0.1, -0.05) is 12.1 Å². The van der Waals surface area contributed by atoms with Gasteiger partial charge in [0.05, 0.1) is 29.3 Å². The highest BCUT2D eigenvalue weighted by Crippen LogP contribution is 2.32. The van der Waals surface area contributed by atoms with Crippen LogP contribution in [-0.4, -0.2) is 15.9 Å². The molecule has 7 heteroatoms. The minimum absolute atomic E-state index is 0.109. The lowest BCUT2D eigenvalue weighted by Gasteiger charge is -2.10. The van der Waals surface area contributed by atoms with Gasteiger partial charge in [0.25, 0.3) is 0 Å². The van der Waals surface area contributed by atoms with Crippen LogP contribution < -0.4 is 10.9 Å². The standard InChI is InChI=1S/C23H19N3O4/c1-11-10-29-20-13(3)21-15(8-14(11)20)12(2)16(22(28)30-21)9-19(27)26-23-24-17-6-4-5-7-18(17)25-23/h4-8,10H,9H2,1-3H3,(H2,24,25,26,27). The van der Waals surface area contributed by atoms with Crippen LogP contribution >= 0.6 is 0 Å². The van der Waals surface area contributed by atoms with Gasteiger partial charge >= 0.3 is 5.63 Å². The fourth-order valence-corrected chi connectivity index (χ4v) is 3.87. The van der Waals surface area contributed by atoms with Gasteiger partial charge in [0.2, 0.25) is 11.9 Å². The third-order valence-electron chi connectivity index (χ3n) is 5.52. The average molecular weight is 401 g/mol. The van der Waals surface area contributed by atoms with E-state index in [1.54, 1.807) is 6.26 Å². The highest BCUT2D eigenvalue weighted by atomic mass is 16.4. The van der Waals surface area contributed by atoms with Gasteiger partial charge in [0.1, 0.15) is 11.2 Å². The van der Waals surface area contributed by atoms with Crippen molar-refractivity contribution in [1.82, 2.24) is 9.97 Å². The number of rotatable bonds is 3. The molecule has 0 aliphatic rings. The van der Waals surface area contributed by atoms with Crippen LogP contribution in [0.25, 0.3) is 33.0 Å². The van der Waals surface area contributed by atoms with E-state index in [0.29, 0.717) is 22.7 Å². The maximum atomic E-state index is 12.7. The van der Waals surface area contributed by atoms with Crippen molar-refractivity contribution in [2.75, 3.05) is 5.32 Å². The smallest absolute Gasteiger partial charge is 0.340 e. The van der Waals surface area contributed by atoms with E-state index in [2.05, 4.69) is 15.3 Å². The van der Waals surface area contributed by atoms with Crippen LogP contribution in [0.2, 0.25) is 0 Å². The molecule has 150 valence electrons. The van der Waals surface area contributed by atoms with E-state index in [0.717, 1.165) is 38.5 Å². The Balaban J connectivity index is 1.53. The SMILES string of the molecule is Cc1coc2c(C)c3oc(=O)c(CC(=O)Nc4nc5ccccc5[nH]4)c(C)c3cc12. The van der Waals surface area contributed by atoms with Crippen LogP contribution in [0.4, 0.5) is 5.95 Å². The molecule has 5 rings (SSSR count). The van der Waals surface area contributed by atoms with Crippen LogP contribution in [0.5, 0.6) is 0 Å². The molecule has 3 aromatic heterocycles. The van der Waals surface area contributed by atoms with Gasteiger partial charge in [0, 0.05) is 16.3 Å². The Morgan fingerprint density at radius 1 is 1.10 bits per heavy atom. The van der Waals surface area contributed by atoms with Gasteiger partial charge in [-0.3, -0.25) is 10.1 Å². The zero-order chi connectivity index (χ0) is 21.0. The van der Waals surface area contributed by atoms with Crippen molar-refractivity contribution >= 4 is 44.8 Å². The van der Waals surface area contributed by atoms with Crippen LogP contribution in [-0.2, 0) is 11.2 Å². The number of hydrogen-bond acceptors (Lipinski definition) is 5. The van der Waals surface area contributed by atoms with Crippen molar-refractivity contribution in [3.05, 3.63) is 69.3 Å². The van der Waals surface area contributed by atoms with Gasteiger partial charge < -0.3 is 13.8 Å². The number of H-pyrrole nitrogens is 1. The van der Waals surface area contributed by atoms with E-state index in [1.165, 1.54) is 0 Å². The van der Waals surface area contributed by atoms with Crippen molar-refractivity contribution in [3.8, 4) is 0 Å². The Morgan fingerprint density at radius 2 is 1.90 bits per heavy atom. The second-order valence-corrected chi connectivity index (χ2v) is 7.49. The van der Waals surface area contributed by atoms with Gasteiger partial charge in [-0.05, 0) is 50.1 Å². The lowest BCUT2D eigenvalue weighted by Crippen LogP contribution is -2.21. The van der Waals surface area contributed by atoms with Crippen molar-refractivity contribution in [2.45, 2.75) is 27.2 Å². The number of anilines is 1.